The van der Waals surface area contributed by atoms with Crippen molar-refractivity contribution in [3.63, 3.8) is 0 Å². The predicted octanol–water partition coefficient (Wildman–Crippen LogP) is 4.80. The Morgan fingerprint density at radius 3 is 2.84 bits per heavy atom. The van der Waals surface area contributed by atoms with E-state index >= 15 is 0 Å². The second-order valence-corrected chi connectivity index (χ2v) is 7.60. The largest absolute Gasteiger partial charge is 0.335 e. The van der Waals surface area contributed by atoms with Gasteiger partial charge in [-0.05, 0) is 30.0 Å². The first-order chi connectivity index (χ1) is 8.83. The van der Waals surface area contributed by atoms with Crippen LogP contribution in [0.4, 0.5) is 10.1 Å². The molecule has 0 saturated heterocycles. The fourth-order valence-electron chi connectivity index (χ4n) is 1.97. The average molecular weight is 301 g/mol. The van der Waals surface area contributed by atoms with Crippen LogP contribution in [-0.4, -0.2) is 17.0 Å². The number of nitrogens with zero attached hydrogens (tertiary/aromatic N) is 1. The summed E-state index contributed by atoms with van der Waals surface area (Å²) in [7, 11) is 0. The lowest BCUT2D eigenvalue weighted by atomic mass is 9.90. The van der Waals surface area contributed by atoms with E-state index in [0.29, 0.717) is 10.7 Å². The number of nitrogens with one attached hydrogen (secondary N) is 1. The lowest BCUT2D eigenvalue weighted by Gasteiger charge is -2.21. The van der Waals surface area contributed by atoms with E-state index < -0.39 is 5.82 Å². The quantitative estimate of drug-likeness (QED) is 0.848. The van der Waals surface area contributed by atoms with Gasteiger partial charge in [0.25, 0.3) is 0 Å². The third-order valence-corrected chi connectivity index (χ3v) is 4.12. The summed E-state index contributed by atoms with van der Waals surface area (Å²) in [5.74, 6) is -0.404. The fraction of sp³-hybridized carbons (Fsp3) is 0.500. The highest BCUT2D eigenvalue weighted by Gasteiger charge is 2.25. The molecule has 0 spiro atoms. The van der Waals surface area contributed by atoms with E-state index in [9.17, 15) is 4.39 Å². The van der Waals surface area contributed by atoms with Crippen molar-refractivity contribution in [1.29, 1.82) is 0 Å². The van der Waals surface area contributed by atoms with Crippen molar-refractivity contribution in [2.75, 3.05) is 11.9 Å². The number of benzene rings is 1. The maximum Gasteiger partial charge on any atom is 0.161 e. The summed E-state index contributed by atoms with van der Waals surface area (Å²) in [5.41, 5.74) is 1.08. The van der Waals surface area contributed by atoms with Gasteiger partial charge in [0, 0.05) is 10.9 Å². The Bertz CT molecular complexity index is 497. The van der Waals surface area contributed by atoms with Crippen LogP contribution >= 0.6 is 23.4 Å². The molecule has 0 bridgehead atoms. The van der Waals surface area contributed by atoms with Crippen LogP contribution in [0.5, 0.6) is 0 Å². The average Bonchev–Trinajstić information content (AvgIpc) is 2.68. The first-order valence-corrected chi connectivity index (χ1v) is 7.52. The Kier molecular flexibility index (Phi) is 4.41. The monoisotopic (exact) mass is 300 g/mol. The zero-order valence-electron chi connectivity index (χ0n) is 11.3. The van der Waals surface area contributed by atoms with Gasteiger partial charge >= 0.3 is 0 Å². The van der Waals surface area contributed by atoms with Gasteiger partial charge in [0.1, 0.15) is 5.82 Å². The molecule has 104 valence electrons. The topological polar surface area (TPSA) is 24.4 Å². The number of rotatable bonds is 2. The Morgan fingerprint density at radius 2 is 2.21 bits per heavy atom. The van der Waals surface area contributed by atoms with Crippen LogP contribution in [0.15, 0.2) is 23.2 Å². The third kappa shape index (κ3) is 4.39. The summed E-state index contributed by atoms with van der Waals surface area (Å²) in [4.78, 5) is 4.48. The van der Waals surface area contributed by atoms with E-state index in [4.69, 9.17) is 11.6 Å². The van der Waals surface area contributed by atoms with Crippen molar-refractivity contribution in [3.05, 3.63) is 29.0 Å². The Balaban J connectivity index is 1.93. The molecule has 0 aliphatic carbocycles. The lowest BCUT2D eigenvalue weighted by molar-refractivity contribution is 0.375. The van der Waals surface area contributed by atoms with E-state index in [1.54, 1.807) is 23.9 Å². The number of anilines is 1. The molecule has 0 amide bonds. The van der Waals surface area contributed by atoms with Crippen LogP contribution in [0.1, 0.15) is 27.2 Å². The minimum Gasteiger partial charge on any atom is -0.335 e. The number of hydrogen-bond acceptors (Lipinski definition) is 3. The van der Waals surface area contributed by atoms with E-state index in [1.165, 1.54) is 6.07 Å². The van der Waals surface area contributed by atoms with Crippen molar-refractivity contribution in [2.24, 2.45) is 10.4 Å². The maximum absolute atomic E-state index is 13.1. The van der Waals surface area contributed by atoms with Crippen LogP contribution in [0.2, 0.25) is 5.02 Å². The minimum atomic E-state index is -0.404. The molecule has 19 heavy (non-hydrogen) atoms. The molecule has 1 N–H and O–H groups in total. The van der Waals surface area contributed by atoms with Crippen molar-refractivity contribution < 1.29 is 4.39 Å². The smallest absolute Gasteiger partial charge is 0.161 e. The van der Waals surface area contributed by atoms with Crippen LogP contribution in [-0.2, 0) is 0 Å². The molecule has 1 heterocycles. The van der Waals surface area contributed by atoms with Crippen molar-refractivity contribution >= 4 is 34.2 Å². The molecule has 1 aromatic rings. The summed E-state index contributed by atoms with van der Waals surface area (Å²) in [6.45, 7) is 7.54. The van der Waals surface area contributed by atoms with Crippen LogP contribution in [0.3, 0.4) is 0 Å². The zero-order chi connectivity index (χ0) is 14.0. The highest BCUT2D eigenvalue weighted by atomic mass is 35.5. The summed E-state index contributed by atoms with van der Waals surface area (Å²) >= 11 is 7.50. The van der Waals surface area contributed by atoms with Crippen molar-refractivity contribution in [1.82, 2.24) is 0 Å². The van der Waals surface area contributed by atoms with Crippen LogP contribution in [0, 0.1) is 11.2 Å². The second-order valence-electron chi connectivity index (χ2n) is 5.90. The van der Waals surface area contributed by atoms with E-state index in [2.05, 4.69) is 31.1 Å². The van der Waals surface area contributed by atoms with E-state index in [0.717, 1.165) is 23.8 Å². The molecule has 0 radical (unpaired) electrons. The molecule has 1 aromatic carbocycles. The van der Waals surface area contributed by atoms with Crippen molar-refractivity contribution in [2.45, 2.75) is 32.4 Å². The zero-order valence-corrected chi connectivity index (χ0v) is 12.9. The molecule has 1 aliphatic heterocycles. The number of halogens is 2. The van der Waals surface area contributed by atoms with Crippen LogP contribution < -0.4 is 5.32 Å². The molecule has 0 saturated carbocycles. The number of thioether (sulfide) groups is 1. The summed E-state index contributed by atoms with van der Waals surface area (Å²) < 4.78 is 13.1. The molecule has 2 rings (SSSR count). The molecule has 2 nitrogen and oxygen atoms in total. The van der Waals surface area contributed by atoms with Gasteiger partial charge in [0.15, 0.2) is 5.17 Å². The highest BCUT2D eigenvalue weighted by molar-refractivity contribution is 8.15. The first-order valence-electron chi connectivity index (χ1n) is 6.27. The lowest BCUT2D eigenvalue weighted by Crippen LogP contribution is -2.16. The van der Waals surface area contributed by atoms with Gasteiger partial charge in [0.2, 0.25) is 0 Å². The van der Waals surface area contributed by atoms with Gasteiger partial charge in [-0.2, -0.15) is 0 Å². The van der Waals surface area contributed by atoms with Gasteiger partial charge in [-0.25, -0.2) is 4.39 Å². The molecule has 0 aromatic heterocycles. The first kappa shape index (κ1) is 14.7. The highest BCUT2D eigenvalue weighted by Crippen LogP contribution is 2.32. The molecular formula is C14H18ClFN2S. The number of aliphatic imine (C=N–C) groups is 1. The van der Waals surface area contributed by atoms with E-state index in [-0.39, 0.29) is 5.02 Å². The summed E-state index contributed by atoms with van der Waals surface area (Å²) in [5, 5.41) is 4.71. The predicted molar refractivity (Wildman–Crippen MR) is 82.8 cm³/mol. The molecule has 1 aliphatic rings. The van der Waals surface area contributed by atoms with Gasteiger partial charge in [-0.3, -0.25) is 4.99 Å². The fourth-order valence-corrected chi connectivity index (χ4v) is 3.53. The van der Waals surface area contributed by atoms with Gasteiger partial charge in [-0.15, -0.1) is 0 Å². The third-order valence-electron chi connectivity index (χ3n) is 2.73. The van der Waals surface area contributed by atoms with Gasteiger partial charge in [0.05, 0.1) is 11.6 Å². The van der Waals surface area contributed by atoms with Gasteiger partial charge < -0.3 is 5.32 Å². The molecule has 1 atom stereocenters. The molecule has 0 fully saturated rings. The van der Waals surface area contributed by atoms with Crippen molar-refractivity contribution in [3.8, 4) is 0 Å². The minimum absolute atomic E-state index is 0.125. The Labute approximate surface area is 122 Å². The Hall–Kier alpha value is -0.740. The maximum atomic E-state index is 13.1. The Morgan fingerprint density at radius 1 is 1.47 bits per heavy atom. The van der Waals surface area contributed by atoms with E-state index in [1.807, 2.05) is 0 Å². The normalized spacial score (nSPS) is 19.4. The standard InChI is InChI=1S/C14H18ClFN2S/c1-14(2,3)7-10-8-17-13(19-10)18-9-4-5-12(16)11(15)6-9/h4-6,10H,7-8H2,1-3H3,(H,17,18). The van der Waals surface area contributed by atoms with Crippen LogP contribution in [0.25, 0.3) is 0 Å². The second kappa shape index (κ2) is 5.71. The summed E-state index contributed by atoms with van der Waals surface area (Å²) in [6, 6.07) is 4.61. The molecular weight excluding hydrogens is 283 g/mol. The SMILES string of the molecule is CC(C)(C)CC1CN=C(Nc2ccc(F)c(Cl)c2)S1. The van der Waals surface area contributed by atoms with Gasteiger partial charge in [-0.1, -0.05) is 44.1 Å². The molecule has 1 unspecified atom stereocenters. The summed E-state index contributed by atoms with van der Waals surface area (Å²) in [6.07, 6.45) is 1.12. The number of hydrogen-bond donors (Lipinski definition) is 1. The number of amidine groups is 1. The molecule has 5 heteroatoms.